The largest absolute Gasteiger partial charge is 0.480 e. The monoisotopic (exact) mass is 558 g/mol. The van der Waals surface area contributed by atoms with Gasteiger partial charge in [-0.1, -0.05) is 13.8 Å². The Labute approximate surface area is 227 Å². The summed E-state index contributed by atoms with van der Waals surface area (Å²) in [6.07, 6.45) is 3.98. The zero-order chi connectivity index (χ0) is 28.8. The van der Waals surface area contributed by atoms with Crippen LogP contribution < -0.4 is 33.2 Å². The molecule has 38 heavy (non-hydrogen) atoms. The summed E-state index contributed by atoms with van der Waals surface area (Å²) in [6.45, 7) is 3.48. The highest BCUT2D eigenvalue weighted by atomic mass is 32.2. The molecule has 0 radical (unpaired) electrons. The van der Waals surface area contributed by atoms with Gasteiger partial charge in [0.1, 0.15) is 18.1 Å². The molecule has 4 atom stereocenters. The quantitative estimate of drug-likeness (QED) is 0.0621. The van der Waals surface area contributed by atoms with Crippen molar-refractivity contribution in [3.63, 3.8) is 0 Å². The predicted molar refractivity (Wildman–Crippen MR) is 145 cm³/mol. The van der Waals surface area contributed by atoms with Crippen LogP contribution in [0.25, 0.3) is 0 Å². The van der Waals surface area contributed by atoms with Gasteiger partial charge in [0.05, 0.1) is 12.6 Å². The first kappa shape index (κ1) is 33.0. The predicted octanol–water partition coefficient (Wildman–Crippen LogP) is -2.06. The van der Waals surface area contributed by atoms with Crippen LogP contribution in [-0.2, 0) is 24.0 Å². The molecule has 1 saturated heterocycles. The van der Waals surface area contributed by atoms with Crippen molar-refractivity contribution in [2.24, 2.45) is 28.1 Å². The highest BCUT2D eigenvalue weighted by Gasteiger charge is 2.36. The number of nitrogens with one attached hydrogen (secondary N) is 3. The summed E-state index contributed by atoms with van der Waals surface area (Å²) in [7, 11) is 0. The first-order valence-electron chi connectivity index (χ1n) is 12.6. The van der Waals surface area contributed by atoms with Crippen molar-refractivity contribution in [2.45, 2.75) is 70.1 Å². The summed E-state index contributed by atoms with van der Waals surface area (Å²) >= 11 is 1.58. The summed E-state index contributed by atoms with van der Waals surface area (Å²) in [5.41, 5.74) is 16.6. The van der Waals surface area contributed by atoms with Gasteiger partial charge in [-0.2, -0.15) is 11.8 Å². The van der Waals surface area contributed by atoms with Crippen LogP contribution in [0.3, 0.4) is 0 Å². The minimum absolute atomic E-state index is 0.117. The summed E-state index contributed by atoms with van der Waals surface area (Å²) in [4.78, 5) is 67.7. The van der Waals surface area contributed by atoms with Crippen LogP contribution in [0.15, 0.2) is 4.99 Å². The van der Waals surface area contributed by atoms with Gasteiger partial charge in [0.25, 0.3) is 0 Å². The molecule has 0 aliphatic carbocycles. The number of rotatable bonds is 16. The number of carbonyl (C=O) groups excluding carboxylic acids is 4. The van der Waals surface area contributed by atoms with E-state index >= 15 is 0 Å². The molecule has 1 aliphatic heterocycles. The number of nitrogens with zero attached hydrogens (tertiary/aromatic N) is 2. The van der Waals surface area contributed by atoms with E-state index in [2.05, 4.69) is 20.9 Å². The van der Waals surface area contributed by atoms with E-state index in [4.69, 9.17) is 17.2 Å². The molecule has 216 valence electrons. The van der Waals surface area contributed by atoms with Crippen molar-refractivity contribution in [3.05, 3.63) is 0 Å². The second kappa shape index (κ2) is 16.7. The molecule has 0 saturated carbocycles. The molecular weight excluding hydrogens is 516 g/mol. The molecule has 1 rings (SSSR count). The molecule has 0 bridgehead atoms. The summed E-state index contributed by atoms with van der Waals surface area (Å²) < 4.78 is 0. The van der Waals surface area contributed by atoms with Gasteiger partial charge in [-0.3, -0.25) is 24.2 Å². The highest BCUT2D eigenvalue weighted by molar-refractivity contribution is 7.98. The van der Waals surface area contributed by atoms with Crippen LogP contribution >= 0.6 is 11.8 Å². The average molecular weight is 559 g/mol. The average Bonchev–Trinajstić information content (AvgIpc) is 3.34. The van der Waals surface area contributed by atoms with Crippen molar-refractivity contribution in [3.8, 4) is 0 Å². The van der Waals surface area contributed by atoms with Gasteiger partial charge in [-0.15, -0.1) is 0 Å². The number of nitrogens with two attached hydrogens (primary N) is 3. The Balaban J connectivity index is 2.77. The first-order valence-corrected chi connectivity index (χ1v) is 14.0. The van der Waals surface area contributed by atoms with Crippen LogP contribution in [-0.4, -0.2) is 101 Å². The molecule has 4 amide bonds. The van der Waals surface area contributed by atoms with Crippen molar-refractivity contribution in [1.29, 1.82) is 0 Å². The number of guanidine groups is 1. The number of hydrogen-bond acceptors (Lipinski definition) is 8. The number of carboxylic acids is 1. The Hall–Kier alpha value is -3.07. The molecule has 15 heteroatoms. The number of likely N-dealkylation sites (tertiary alicyclic amines) is 1. The summed E-state index contributed by atoms with van der Waals surface area (Å²) in [6, 6.07) is -3.64. The van der Waals surface area contributed by atoms with Crippen molar-refractivity contribution >= 4 is 47.3 Å². The van der Waals surface area contributed by atoms with Gasteiger partial charge in [-0.25, -0.2) is 4.79 Å². The third-order valence-corrected chi connectivity index (χ3v) is 6.68. The Morgan fingerprint density at radius 2 is 1.82 bits per heavy atom. The highest BCUT2D eigenvalue weighted by Crippen LogP contribution is 2.19. The van der Waals surface area contributed by atoms with Crippen molar-refractivity contribution in [2.75, 3.05) is 31.6 Å². The Kier molecular flexibility index (Phi) is 14.5. The molecule has 10 N–H and O–H groups in total. The smallest absolute Gasteiger partial charge is 0.326 e. The van der Waals surface area contributed by atoms with Crippen LogP contribution in [0.5, 0.6) is 0 Å². The van der Waals surface area contributed by atoms with Gasteiger partial charge >= 0.3 is 5.97 Å². The lowest BCUT2D eigenvalue weighted by molar-refractivity contribution is -0.143. The lowest BCUT2D eigenvalue weighted by atomic mass is 10.0. The molecule has 0 aromatic carbocycles. The van der Waals surface area contributed by atoms with E-state index in [1.54, 1.807) is 25.6 Å². The number of amides is 4. The van der Waals surface area contributed by atoms with Gasteiger partial charge in [-0.05, 0) is 50.0 Å². The maximum atomic E-state index is 12.8. The van der Waals surface area contributed by atoms with Crippen molar-refractivity contribution < 1.29 is 29.1 Å². The van der Waals surface area contributed by atoms with Crippen LogP contribution in [0.2, 0.25) is 0 Å². The van der Waals surface area contributed by atoms with E-state index in [-0.39, 0.29) is 30.8 Å². The van der Waals surface area contributed by atoms with E-state index < -0.39 is 54.4 Å². The molecule has 1 aliphatic rings. The molecule has 0 aromatic rings. The number of aliphatic carboxylic acids is 1. The molecule has 1 fully saturated rings. The van der Waals surface area contributed by atoms with Crippen LogP contribution in [0, 0.1) is 5.92 Å². The van der Waals surface area contributed by atoms with Gasteiger partial charge in [0.15, 0.2) is 5.96 Å². The second-order valence-corrected chi connectivity index (χ2v) is 10.4. The number of hydrogen-bond donors (Lipinski definition) is 7. The number of carboxylic acid groups (broad SMARTS) is 1. The minimum atomic E-state index is -1.20. The van der Waals surface area contributed by atoms with E-state index in [9.17, 15) is 29.1 Å². The maximum absolute atomic E-state index is 12.8. The standard InChI is InChI=1S/C23H42N8O6S/c1-13(2)18(22(36)37)30-19(33)15(6-4-9-27-23(25)26)29-17(32)12-28-20(34)16-7-5-10-31(16)21(35)14(24)8-11-38-3/h13-16,18H,4-12,24H2,1-3H3,(H,28,34)(H,29,32)(H,30,33)(H,36,37)(H4,25,26,27). The number of thioether (sulfide) groups is 1. The van der Waals surface area contributed by atoms with Gasteiger partial charge < -0.3 is 43.2 Å². The molecule has 4 unspecified atom stereocenters. The van der Waals surface area contributed by atoms with E-state index in [1.165, 1.54) is 4.90 Å². The van der Waals surface area contributed by atoms with Crippen LogP contribution in [0.1, 0.15) is 46.0 Å². The normalized spacial score (nSPS) is 17.3. The Bertz CT molecular complexity index is 867. The minimum Gasteiger partial charge on any atom is -0.480 e. The first-order chi connectivity index (χ1) is 17.9. The maximum Gasteiger partial charge on any atom is 0.326 e. The van der Waals surface area contributed by atoms with E-state index in [0.29, 0.717) is 32.2 Å². The SMILES string of the molecule is CSCCC(N)C(=O)N1CCCC1C(=O)NCC(=O)NC(CCCN=C(N)N)C(=O)NC(C(=O)O)C(C)C. The Morgan fingerprint density at radius 1 is 1.13 bits per heavy atom. The number of aliphatic imine (C=N–C) groups is 1. The molecule has 1 heterocycles. The fourth-order valence-electron chi connectivity index (χ4n) is 3.95. The third-order valence-electron chi connectivity index (χ3n) is 6.04. The lowest BCUT2D eigenvalue weighted by Gasteiger charge is -2.27. The molecule has 0 aromatic heterocycles. The van der Waals surface area contributed by atoms with Gasteiger partial charge in [0, 0.05) is 13.1 Å². The lowest BCUT2D eigenvalue weighted by Crippen LogP contribution is -2.55. The van der Waals surface area contributed by atoms with Gasteiger partial charge in [0.2, 0.25) is 23.6 Å². The van der Waals surface area contributed by atoms with E-state index in [1.807, 2.05) is 6.26 Å². The molecular formula is C23H42N8O6S. The zero-order valence-electron chi connectivity index (χ0n) is 22.3. The van der Waals surface area contributed by atoms with E-state index in [0.717, 1.165) is 5.75 Å². The topological polar surface area (TPSA) is 235 Å². The fraction of sp³-hybridized carbons (Fsp3) is 0.739. The van der Waals surface area contributed by atoms with Crippen LogP contribution in [0.4, 0.5) is 0 Å². The summed E-state index contributed by atoms with van der Waals surface area (Å²) in [5, 5.41) is 16.9. The summed E-state index contributed by atoms with van der Waals surface area (Å²) in [5.74, 6) is -3.09. The molecule has 14 nitrogen and oxygen atoms in total. The third kappa shape index (κ3) is 11.1. The molecule has 0 spiro atoms. The number of carbonyl (C=O) groups is 5. The second-order valence-electron chi connectivity index (χ2n) is 9.43. The Morgan fingerprint density at radius 3 is 2.39 bits per heavy atom. The fourth-order valence-corrected chi connectivity index (χ4v) is 4.44. The zero-order valence-corrected chi connectivity index (χ0v) is 23.1. The van der Waals surface area contributed by atoms with Crippen molar-refractivity contribution in [1.82, 2.24) is 20.9 Å².